The van der Waals surface area contributed by atoms with Crippen LogP contribution in [0.4, 0.5) is 0 Å². The summed E-state index contributed by atoms with van der Waals surface area (Å²) in [4.78, 5) is 28.5. The largest absolute Gasteiger partial charge is 0.378 e. The summed E-state index contributed by atoms with van der Waals surface area (Å²) >= 11 is 0. The number of piperidine rings is 1. The van der Waals surface area contributed by atoms with E-state index in [1.54, 1.807) is 0 Å². The molecule has 2 saturated heterocycles. The van der Waals surface area contributed by atoms with Crippen LogP contribution in [0.25, 0.3) is 0 Å². The highest BCUT2D eigenvalue weighted by molar-refractivity contribution is 5.82. The third-order valence-corrected chi connectivity index (χ3v) is 4.44. The molecule has 20 heavy (non-hydrogen) atoms. The minimum absolute atomic E-state index is 0.0187. The lowest BCUT2D eigenvalue weighted by Crippen LogP contribution is -2.50. The van der Waals surface area contributed by atoms with Gasteiger partial charge in [0.15, 0.2) is 0 Å². The van der Waals surface area contributed by atoms with E-state index in [-0.39, 0.29) is 23.7 Å². The Bertz CT molecular complexity index is 353. The van der Waals surface area contributed by atoms with Crippen molar-refractivity contribution in [2.45, 2.75) is 33.1 Å². The molecule has 0 N–H and O–H groups in total. The van der Waals surface area contributed by atoms with Crippen molar-refractivity contribution >= 4 is 11.8 Å². The second kappa shape index (κ2) is 7.07. The molecule has 2 heterocycles. The first-order valence-corrected chi connectivity index (χ1v) is 7.78. The summed E-state index contributed by atoms with van der Waals surface area (Å²) in [6.45, 7) is 8.04. The molecule has 2 fully saturated rings. The van der Waals surface area contributed by atoms with Crippen molar-refractivity contribution in [2.75, 3.05) is 39.4 Å². The maximum Gasteiger partial charge on any atom is 0.227 e. The number of hydrogen-bond donors (Lipinski definition) is 0. The number of nitrogens with zero attached hydrogens (tertiary/aromatic N) is 2. The van der Waals surface area contributed by atoms with Crippen molar-refractivity contribution in [2.24, 2.45) is 11.8 Å². The molecule has 0 aromatic heterocycles. The van der Waals surface area contributed by atoms with Gasteiger partial charge in [-0.1, -0.05) is 13.8 Å². The Morgan fingerprint density at radius 2 is 1.90 bits per heavy atom. The van der Waals surface area contributed by atoms with Crippen LogP contribution in [0.5, 0.6) is 0 Å². The minimum atomic E-state index is -0.0187. The number of ether oxygens (including phenoxy) is 1. The van der Waals surface area contributed by atoms with Crippen LogP contribution >= 0.6 is 0 Å². The van der Waals surface area contributed by atoms with Gasteiger partial charge in [0.25, 0.3) is 0 Å². The Labute approximate surface area is 121 Å². The van der Waals surface area contributed by atoms with Crippen molar-refractivity contribution in [1.82, 2.24) is 9.80 Å². The lowest BCUT2D eigenvalue weighted by Gasteiger charge is -2.37. The van der Waals surface area contributed by atoms with Gasteiger partial charge >= 0.3 is 0 Å². The van der Waals surface area contributed by atoms with Crippen molar-refractivity contribution in [1.29, 1.82) is 0 Å². The zero-order valence-corrected chi connectivity index (χ0v) is 12.6. The zero-order valence-electron chi connectivity index (χ0n) is 12.6. The molecule has 5 nitrogen and oxygen atoms in total. The van der Waals surface area contributed by atoms with Crippen LogP contribution in [0.2, 0.25) is 0 Å². The molecule has 0 radical (unpaired) electrons. The molecule has 0 saturated carbocycles. The van der Waals surface area contributed by atoms with E-state index in [0.717, 1.165) is 25.8 Å². The molecule has 2 aliphatic heterocycles. The Hall–Kier alpha value is -1.10. The average Bonchev–Trinajstić information content (AvgIpc) is 2.53. The normalized spacial score (nSPS) is 25.4. The zero-order chi connectivity index (χ0) is 14.5. The summed E-state index contributed by atoms with van der Waals surface area (Å²) < 4.78 is 5.28. The standard InChI is InChI=1S/C15H26N2O3/c1-3-12(2)14(18)17-6-4-5-13(11-17)15(19)16-7-9-20-10-8-16/h12-13H,3-11H2,1-2H3. The van der Waals surface area contributed by atoms with Gasteiger partial charge in [0.1, 0.15) is 0 Å². The number of likely N-dealkylation sites (tertiary alicyclic amines) is 1. The third kappa shape index (κ3) is 3.51. The molecule has 0 aromatic rings. The SMILES string of the molecule is CCC(C)C(=O)N1CCCC(C(=O)N2CCOCC2)C1. The molecule has 2 aliphatic rings. The second-order valence-electron chi connectivity index (χ2n) is 5.87. The summed E-state index contributed by atoms with van der Waals surface area (Å²) in [6.07, 6.45) is 2.70. The molecule has 0 bridgehead atoms. The fourth-order valence-electron chi connectivity index (χ4n) is 2.91. The molecule has 5 heteroatoms. The average molecular weight is 282 g/mol. The molecule has 2 unspecified atom stereocenters. The predicted octanol–water partition coefficient (Wildman–Crippen LogP) is 1.13. The van der Waals surface area contributed by atoms with Gasteiger partial charge in [-0.15, -0.1) is 0 Å². The Balaban J connectivity index is 1.92. The maximum atomic E-state index is 12.5. The summed E-state index contributed by atoms with van der Waals surface area (Å²) in [6, 6.07) is 0. The van der Waals surface area contributed by atoms with Gasteiger partial charge in [-0.3, -0.25) is 9.59 Å². The van der Waals surface area contributed by atoms with Crippen LogP contribution in [0.3, 0.4) is 0 Å². The minimum Gasteiger partial charge on any atom is -0.378 e. The number of rotatable bonds is 3. The molecular formula is C15H26N2O3. The number of amides is 2. The van der Waals surface area contributed by atoms with Crippen molar-refractivity contribution < 1.29 is 14.3 Å². The van der Waals surface area contributed by atoms with E-state index < -0.39 is 0 Å². The van der Waals surface area contributed by atoms with Crippen molar-refractivity contribution in [3.05, 3.63) is 0 Å². The quantitative estimate of drug-likeness (QED) is 0.779. The van der Waals surface area contributed by atoms with Crippen molar-refractivity contribution in [3.8, 4) is 0 Å². The van der Waals surface area contributed by atoms with Gasteiger partial charge in [-0.25, -0.2) is 0 Å². The molecule has 2 amide bonds. The van der Waals surface area contributed by atoms with Gasteiger partial charge in [-0.2, -0.15) is 0 Å². The van der Waals surface area contributed by atoms with Gasteiger partial charge in [-0.05, 0) is 19.3 Å². The predicted molar refractivity (Wildman–Crippen MR) is 76.2 cm³/mol. The number of morpholine rings is 1. The van der Waals surface area contributed by atoms with Gasteiger partial charge in [0, 0.05) is 32.1 Å². The topological polar surface area (TPSA) is 49.9 Å². The van der Waals surface area contributed by atoms with Crippen molar-refractivity contribution in [3.63, 3.8) is 0 Å². The van der Waals surface area contributed by atoms with Crippen LogP contribution in [0.1, 0.15) is 33.1 Å². The molecule has 0 spiro atoms. The molecule has 0 aliphatic carbocycles. The van der Waals surface area contributed by atoms with Gasteiger partial charge in [0.2, 0.25) is 11.8 Å². The van der Waals surface area contributed by atoms with Gasteiger partial charge < -0.3 is 14.5 Å². The summed E-state index contributed by atoms with van der Waals surface area (Å²) in [5, 5.41) is 0. The molecule has 2 rings (SSSR count). The Morgan fingerprint density at radius 3 is 2.55 bits per heavy atom. The summed E-state index contributed by atoms with van der Waals surface area (Å²) in [5.74, 6) is 0.448. The van der Waals surface area contributed by atoms with Crippen LogP contribution in [-0.2, 0) is 14.3 Å². The lowest BCUT2D eigenvalue weighted by atomic mass is 9.95. The highest BCUT2D eigenvalue weighted by Crippen LogP contribution is 2.21. The van der Waals surface area contributed by atoms with E-state index >= 15 is 0 Å². The Kier molecular flexibility index (Phi) is 5.40. The van der Waals surface area contributed by atoms with Crippen LogP contribution in [0, 0.1) is 11.8 Å². The summed E-state index contributed by atoms with van der Waals surface area (Å²) in [5.41, 5.74) is 0. The fourth-order valence-corrected chi connectivity index (χ4v) is 2.91. The van der Waals surface area contributed by atoms with E-state index in [0.29, 0.717) is 32.8 Å². The van der Waals surface area contributed by atoms with Crippen LogP contribution in [-0.4, -0.2) is 61.0 Å². The van der Waals surface area contributed by atoms with E-state index in [2.05, 4.69) is 0 Å². The maximum absolute atomic E-state index is 12.5. The molecule has 0 aromatic carbocycles. The number of carbonyl (C=O) groups is 2. The monoisotopic (exact) mass is 282 g/mol. The van der Waals surface area contributed by atoms with E-state index in [1.165, 1.54) is 0 Å². The second-order valence-corrected chi connectivity index (χ2v) is 5.87. The first-order chi connectivity index (χ1) is 9.63. The first kappa shape index (κ1) is 15.3. The highest BCUT2D eigenvalue weighted by atomic mass is 16.5. The summed E-state index contributed by atoms with van der Waals surface area (Å²) in [7, 11) is 0. The fraction of sp³-hybridized carbons (Fsp3) is 0.867. The van der Waals surface area contributed by atoms with E-state index in [1.807, 2.05) is 23.6 Å². The molecule has 2 atom stereocenters. The highest BCUT2D eigenvalue weighted by Gasteiger charge is 2.32. The smallest absolute Gasteiger partial charge is 0.227 e. The first-order valence-electron chi connectivity index (χ1n) is 7.78. The van der Waals surface area contributed by atoms with Crippen LogP contribution < -0.4 is 0 Å². The number of carbonyl (C=O) groups excluding carboxylic acids is 2. The van der Waals surface area contributed by atoms with Gasteiger partial charge in [0.05, 0.1) is 19.1 Å². The van der Waals surface area contributed by atoms with Crippen LogP contribution in [0.15, 0.2) is 0 Å². The third-order valence-electron chi connectivity index (χ3n) is 4.44. The lowest BCUT2D eigenvalue weighted by molar-refractivity contribution is -0.145. The Morgan fingerprint density at radius 1 is 1.20 bits per heavy atom. The van der Waals surface area contributed by atoms with E-state index in [9.17, 15) is 9.59 Å². The van der Waals surface area contributed by atoms with E-state index in [4.69, 9.17) is 4.74 Å². The number of hydrogen-bond acceptors (Lipinski definition) is 3. The molecular weight excluding hydrogens is 256 g/mol. The molecule has 114 valence electrons.